The molecule has 1 aliphatic heterocycles. The summed E-state index contributed by atoms with van der Waals surface area (Å²) in [6.07, 6.45) is 4.94. The zero-order valence-corrected chi connectivity index (χ0v) is 15.6. The number of carbonyl (C=O) groups excluding carboxylic acids is 1. The third kappa shape index (κ3) is 2.81. The first kappa shape index (κ1) is 16.9. The van der Waals surface area contributed by atoms with Crippen LogP contribution in [0.3, 0.4) is 0 Å². The van der Waals surface area contributed by atoms with E-state index < -0.39 is 0 Å². The lowest BCUT2D eigenvalue weighted by atomic mass is 9.91. The van der Waals surface area contributed by atoms with Crippen LogP contribution < -0.4 is 0 Å². The second-order valence-corrected chi connectivity index (χ2v) is 7.31. The monoisotopic (exact) mass is 351 g/mol. The van der Waals surface area contributed by atoms with Gasteiger partial charge in [-0.3, -0.25) is 9.89 Å². The molecule has 3 aromatic rings. The molecule has 1 fully saturated rings. The van der Waals surface area contributed by atoms with E-state index in [2.05, 4.69) is 23.2 Å². The summed E-state index contributed by atoms with van der Waals surface area (Å²) < 4.78 is 5.95. The number of nitrogens with one attached hydrogen (secondary N) is 1. The fourth-order valence-corrected chi connectivity index (χ4v) is 4.03. The second-order valence-electron chi connectivity index (χ2n) is 7.31. The zero-order chi connectivity index (χ0) is 18.3. The average molecular weight is 351 g/mol. The van der Waals surface area contributed by atoms with Gasteiger partial charge >= 0.3 is 0 Å². The molecule has 5 heteroatoms. The predicted molar refractivity (Wildman–Crippen MR) is 102 cm³/mol. The van der Waals surface area contributed by atoms with Crippen LogP contribution in [0.5, 0.6) is 0 Å². The average Bonchev–Trinajstić information content (AvgIpc) is 3.25. The van der Waals surface area contributed by atoms with Gasteiger partial charge in [-0.15, -0.1) is 0 Å². The summed E-state index contributed by atoms with van der Waals surface area (Å²) >= 11 is 0. The predicted octanol–water partition coefficient (Wildman–Crippen LogP) is 4.35. The Morgan fingerprint density at radius 3 is 3.04 bits per heavy atom. The van der Waals surface area contributed by atoms with Crippen LogP contribution in [0.4, 0.5) is 0 Å². The number of piperidine rings is 1. The summed E-state index contributed by atoms with van der Waals surface area (Å²) in [5.74, 6) is 0.794. The van der Waals surface area contributed by atoms with Crippen molar-refractivity contribution in [2.45, 2.75) is 46.0 Å². The van der Waals surface area contributed by atoms with Gasteiger partial charge in [-0.1, -0.05) is 19.1 Å². The number of nitrogens with zero attached hydrogens (tertiary/aromatic N) is 2. The van der Waals surface area contributed by atoms with Crippen molar-refractivity contribution in [3.63, 3.8) is 0 Å². The third-order valence-electron chi connectivity index (χ3n) is 5.54. The van der Waals surface area contributed by atoms with Gasteiger partial charge in [0.05, 0.1) is 6.20 Å². The Hall–Kier alpha value is -2.56. The summed E-state index contributed by atoms with van der Waals surface area (Å²) in [5, 5.41) is 8.38. The van der Waals surface area contributed by atoms with Crippen molar-refractivity contribution in [1.82, 2.24) is 15.1 Å². The molecule has 1 aromatic carbocycles. The van der Waals surface area contributed by atoms with Gasteiger partial charge in [0, 0.05) is 35.7 Å². The molecule has 1 amide bonds. The van der Waals surface area contributed by atoms with Crippen molar-refractivity contribution in [3.8, 4) is 0 Å². The molecule has 1 atom stereocenters. The highest BCUT2D eigenvalue weighted by molar-refractivity contribution is 5.99. The molecule has 136 valence electrons. The highest BCUT2D eigenvalue weighted by atomic mass is 16.3. The van der Waals surface area contributed by atoms with E-state index in [1.807, 2.05) is 37.1 Å². The van der Waals surface area contributed by atoms with E-state index in [4.69, 9.17) is 4.42 Å². The van der Waals surface area contributed by atoms with Crippen molar-refractivity contribution in [3.05, 3.63) is 52.5 Å². The molecule has 3 heterocycles. The van der Waals surface area contributed by atoms with Crippen molar-refractivity contribution >= 4 is 16.9 Å². The highest BCUT2D eigenvalue weighted by Crippen LogP contribution is 2.31. The maximum absolute atomic E-state index is 13.2. The standard InChI is InChI=1S/C21H25N3O2/c1-4-15-11-22-23-19(15)16-6-5-9-24(12-16)21(25)20-14(3)17-8-7-13(2)10-18(17)26-20/h7-8,10-11,16H,4-6,9,12H2,1-3H3,(H,22,23)/t16-/m1/s1. The van der Waals surface area contributed by atoms with E-state index in [-0.39, 0.29) is 5.91 Å². The lowest BCUT2D eigenvalue weighted by Gasteiger charge is -2.32. The number of hydrogen-bond donors (Lipinski definition) is 1. The van der Waals surface area contributed by atoms with Crippen LogP contribution in [0.15, 0.2) is 28.8 Å². The molecule has 26 heavy (non-hydrogen) atoms. The molecule has 0 saturated carbocycles. The molecule has 5 nitrogen and oxygen atoms in total. The van der Waals surface area contributed by atoms with Crippen LogP contribution in [0.2, 0.25) is 0 Å². The van der Waals surface area contributed by atoms with E-state index in [9.17, 15) is 4.79 Å². The number of amides is 1. The quantitative estimate of drug-likeness (QED) is 0.763. The van der Waals surface area contributed by atoms with Gasteiger partial charge in [0.25, 0.3) is 5.91 Å². The van der Waals surface area contributed by atoms with Gasteiger partial charge in [0.2, 0.25) is 0 Å². The smallest absolute Gasteiger partial charge is 0.289 e. The number of benzene rings is 1. The summed E-state index contributed by atoms with van der Waals surface area (Å²) in [5.41, 5.74) is 5.29. The molecular formula is C21H25N3O2. The van der Waals surface area contributed by atoms with Crippen molar-refractivity contribution < 1.29 is 9.21 Å². The number of H-pyrrole nitrogens is 1. The Bertz CT molecular complexity index is 953. The van der Waals surface area contributed by atoms with E-state index in [0.717, 1.165) is 47.9 Å². The van der Waals surface area contributed by atoms with Crippen molar-refractivity contribution in [2.75, 3.05) is 13.1 Å². The van der Waals surface area contributed by atoms with Crippen LogP contribution in [0.25, 0.3) is 11.0 Å². The second kappa shape index (κ2) is 6.63. The number of aryl methyl sites for hydroxylation is 3. The van der Waals surface area contributed by atoms with Crippen LogP contribution >= 0.6 is 0 Å². The fraction of sp³-hybridized carbons (Fsp3) is 0.429. The van der Waals surface area contributed by atoms with Crippen LogP contribution in [-0.2, 0) is 6.42 Å². The summed E-state index contributed by atoms with van der Waals surface area (Å²) in [7, 11) is 0. The Morgan fingerprint density at radius 2 is 2.23 bits per heavy atom. The number of rotatable bonds is 3. The number of aromatic amines is 1. The van der Waals surface area contributed by atoms with Gasteiger partial charge in [-0.05, 0) is 50.3 Å². The molecule has 1 aliphatic rings. The van der Waals surface area contributed by atoms with E-state index >= 15 is 0 Å². The van der Waals surface area contributed by atoms with Gasteiger partial charge in [-0.25, -0.2) is 0 Å². The molecule has 1 saturated heterocycles. The molecule has 1 N–H and O–H groups in total. The van der Waals surface area contributed by atoms with Gasteiger partial charge in [0.15, 0.2) is 5.76 Å². The number of furan rings is 1. The fourth-order valence-electron chi connectivity index (χ4n) is 4.03. The lowest BCUT2D eigenvalue weighted by molar-refractivity contribution is 0.0674. The van der Waals surface area contributed by atoms with Crippen LogP contribution in [0.1, 0.15) is 58.6 Å². The first-order chi connectivity index (χ1) is 12.6. The van der Waals surface area contributed by atoms with Crippen molar-refractivity contribution in [1.29, 1.82) is 0 Å². The van der Waals surface area contributed by atoms with Crippen LogP contribution in [-0.4, -0.2) is 34.1 Å². The first-order valence-electron chi connectivity index (χ1n) is 9.39. The molecule has 0 spiro atoms. The number of hydrogen-bond acceptors (Lipinski definition) is 3. The van der Waals surface area contributed by atoms with E-state index in [1.165, 1.54) is 11.3 Å². The number of carbonyl (C=O) groups is 1. The van der Waals surface area contributed by atoms with E-state index in [0.29, 0.717) is 18.2 Å². The Labute approximate surface area is 153 Å². The zero-order valence-electron chi connectivity index (χ0n) is 15.6. The maximum Gasteiger partial charge on any atom is 0.289 e. The maximum atomic E-state index is 13.2. The number of aromatic nitrogens is 2. The minimum Gasteiger partial charge on any atom is -0.451 e. The molecule has 0 unspecified atom stereocenters. The number of fused-ring (bicyclic) bond motifs is 1. The minimum absolute atomic E-state index is 0.00128. The van der Waals surface area contributed by atoms with Crippen molar-refractivity contribution in [2.24, 2.45) is 0 Å². The SMILES string of the molecule is CCc1cn[nH]c1[C@@H]1CCCN(C(=O)c2oc3cc(C)ccc3c2C)C1. The summed E-state index contributed by atoms with van der Waals surface area (Å²) in [4.78, 5) is 15.1. The third-order valence-corrected chi connectivity index (χ3v) is 5.54. The van der Waals surface area contributed by atoms with Crippen LogP contribution in [0, 0.1) is 13.8 Å². The van der Waals surface area contributed by atoms with Gasteiger partial charge in [0.1, 0.15) is 5.58 Å². The molecule has 0 radical (unpaired) electrons. The molecule has 4 rings (SSSR count). The first-order valence-corrected chi connectivity index (χ1v) is 9.39. The topological polar surface area (TPSA) is 62.1 Å². The molecule has 0 bridgehead atoms. The Morgan fingerprint density at radius 1 is 1.38 bits per heavy atom. The van der Waals surface area contributed by atoms with Gasteiger partial charge in [-0.2, -0.15) is 5.10 Å². The highest BCUT2D eigenvalue weighted by Gasteiger charge is 2.30. The van der Waals surface area contributed by atoms with E-state index in [1.54, 1.807) is 0 Å². The normalized spacial score (nSPS) is 17.8. The molecular weight excluding hydrogens is 326 g/mol. The minimum atomic E-state index is -0.00128. The Balaban J connectivity index is 1.61. The summed E-state index contributed by atoms with van der Waals surface area (Å²) in [6.45, 7) is 7.63. The Kier molecular flexibility index (Phi) is 4.31. The largest absolute Gasteiger partial charge is 0.451 e. The number of likely N-dealkylation sites (tertiary alicyclic amines) is 1. The lowest BCUT2D eigenvalue weighted by Crippen LogP contribution is -2.39. The van der Waals surface area contributed by atoms with Gasteiger partial charge < -0.3 is 9.32 Å². The summed E-state index contributed by atoms with van der Waals surface area (Å²) in [6, 6.07) is 6.09. The molecule has 2 aromatic heterocycles. The molecule has 0 aliphatic carbocycles.